The lowest BCUT2D eigenvalue weighted by molar-refractivity contribution is -0.215. The van der Waals surface area contributed by atoms with Crippen molar-refractivity contribution in [2.75, 3.05) is 26.3 Å². The van der Waals surface area contributed by atoms with Gasteiger partial charge in [-0.25, -0.2) is 17.9 Å². The van der Waals surface area contributed by atoms with E-state index in [-0.39, 0.29) is 31.7 Å². The van der Waals surface area contributed by atoms with Gasteiger partial charge in [0.05, 0.1) is 24.1 Å². The predicted molar refractivity (Wildman–Crippen MR) is 97.7 cm³/mol. The highest BCUT2D eigenvalue weighted by Gasteiger charge is 2.47. The Hall–Kier alpha value is -1.11. The highest BCUT2D eigenvalue weighted by atomic mass is 32.2. The molecule has 2 aliphatic heterocycles. The van der Waals surface area contributed by atoms with Crippen molar-refractivity contribution >= 4 is 16.1 Å². The molecule has 0 saturated carbocycles. The van der Waals surface area contributed by atoms with Gasteiger partial charge in [0.15, 0.2) is 0 Å². The number of piperidine rings is 1. The van der Waals surface area contributed by atoms with Crippen LogP contribution in [0.1, 0.15) is 40.0 Å². The van der Waals surface area contributed by atoms with Crippen molar-refractivity contribution < 1.29 is 41.0 Å². The van der Waals surface area contributed by atoms with Crippen molar-refractivity contribution in [3.05, 3.63) is 0 Å². The summed E-state index contributed by atoms with van der Waals surface area (Å²) in [6.45, 7) is 4.40. The zero-order valence-electron chi connectivity index (χ0n) is 16.7. The number of halogens is 3. The first-order valence-electron chi connectivity index (χ1n) is 9.58. The van der Waals surface area contributed by atoms with E-state index in [9.17, 15) is 26.4 Å². The lowest BCUT2D eigenvalue weighted by Gasteiger charge is -2.38. The van der Waals surface area contributed by atoms with Crippen LogP contribution in [-0.4, -0.2) is 80.0 Å². The van der Waals surface area contributed by atoms with Crippen molar-refractivity contribution in [1.82, 2.24) is 9.62 Å². The first-order chi connectivity index (χ1) is 13.3. The van der Waals surface area contributed by atoms with Gasteiger partial charge in [0.1, 0.15) is 0 Å². The third-order valence-electron chi connectivity index (χ3n) is 5.68. The molecular weight excluding hydrogens is 417 g/mol. The summed E-state index contributed by atoms with van der Waals surface area (Å²) < 4.78 is 75.6. The first kappa shape index (κ1) is 24.2. The summed E-state index contributed by atoms with van der Waals surface area (Å²) in [5, 5.41) is 8.23. The minimum atomic E-state index is -4.84. The molecule has 1 amide bonds. The van der Waals surface area contributed by atoms with Crippen LogP contribution in [0.15, 0.2) is 0 Å². The molecule has 170 valence electrons. The van der Waals surface area contributed by atoms with Gasteiger partial charge >= 0.3 is 12.3 Å². The number of rotatable bonds is 6. The van der Waals surface area contributed by atoms with Crippen molar-refractivity contribution in [3.8, 4) is 0 Å². The van der Waals surface area contributed by atoms with E-state index in [0.29, 0.717) is 19.3 Å². The molecule has 3 unspecified atom stereocenters. The van der Waals surface area contributed by atoms with E-state index >= 15 is 0 Å². The molecule has 0 aromatic heterocycles. The van der Waals surface area contributed by atoms with E-state index in [1.54, 1.807) is 6.92 Å². The Labute approximate surface area is 168 Å². The highest BCUT2D eigenvalue weighted by molar-refractivity contribution is 7.90. The Kier molecular flexibility index (Phi) is 7.45. The Bertz CT molecular complexity index is 677. The van der Waals surface area contributed by atoms with E-state index in [2.05, 4.69) is 9.46 Å². The molecule has 29 heavy (non-hydrogen) atoms. The Balaban J connectivity index is 1.88. The summed E-state index contributed by atoms with van der Waals surface area (Å²) >= 11 is 0. The minimum Gasteiger partial charge on any atom is -0.434 e. The number of alkyl halides is 3. The average molecular weight is 446 g/mol. The molecule has 0 radical (unpaired) electrons. The second kappa shape index (κ2) is 8.94. The standard InChI is InChI=1S/C17H29F3N2O6S/c1-11(2)12(3)29(25,26)21-13-8-16(27-10-13)4-6-22(7-5-16)15(24)28-14(9-23)17(18,19)20/h11-14,21,23H,4-10H2,1-3H3. The van der Waals surface area contributed by atoms with Crippen LogP contribution >= 0.6 is 0 Å². The quantitative estimate of drug-likeness (QED) is 0.643. The molecule has 2 heterocycles. The van der Waals surface area contributed by atoms with Crippen LogP contribution in [0, 0.1) is 5.92 Å². The van der Waals surface area contributed by atoms with Crippen molar-refractivity contribution in [1.29, 1.82) is 0 Å². The number of aliphatic hydroxyl groups excluding tert-OH is 1. The fourth-order valence-corrected chi connectivity index (χ4v) is 5.01. The van der Waals surface area contributed by atoms with Gasteiger partial charge in [-0.3, -0.25) is 0 Å². The zero-order valence-corrected chi connectivity index (χ0v) is 17.6. The number of carbonyl (C=O) groups is 1. The van der Waals surface area contributed by atoms with Crippen molar-refractivity contribution in [2.45, 2.75) is 69.2 Å². The molecule has 2 N–H and O–H groups in total. The summed E-state index contributed by atoms with van der Waals surface area (Å²) in [5.74, 6) is -0.0440. The molecule has 0 bridgehead atoms. The fraction of sp³-hybridized carbons (Fsp3) is 0.941. The molecule has 3 atom stereocenters. The topological polar surface area (TPSA) is 105 Å². The van der Waals surface area contributed by atoms with Crippen LogP contribution in [-0.2, 0) is 19.5 Å². The number of nitrogens with zero attached hydrogens (tertiary/aromatic N) is 1. The lowest BCUT2D eigenvalue weighted by Crippen LogP contribution is -2.49. The number of ether oxygens (including phenoxy) is 2. The molecule has 0 aliphatic carbocycles. The third kappa shape index (κ3) is 5.96. The number of sulfonamides is 1. The number of carbonyl (C=O) groups excluding carboxylic acids is 1. The number of hydrogen-bond acceptors (Lipinski definition) is 6. The van der Waals surface area contributed by atoms with Crippen LogP contribution in [0.3, 0.4) is 0 Å². The van der Waals surface area contributed by atoms with Gasteiger partial charge in [0.25, 0.3) is 0 Å². The van der Waals surface area contributed by atoms with Gasteiger partial charge in [-0.15, -0.1) is 0 Å². The van der Waals surface area contributed by atoms with Crippen LogP contribution in [0.25, 0.3) is 0 Å². The zero-order chi connectivity index (χ0) is 22.0. The highest BCUT2D eigenvalue weighted by Crippen LogP contribution is 2.36. The van der Waals surface area contributed by atoms with Crippen LogP contribution < -0.4 is 4.72 Å². The average Bonchev–Trinajstić information content (AvgIpc) is 2.99. The van der Waals surface area contributed by atoms with Crippen LogP contribution in [0.2, 0.25) is 0 Å². The maximum Gasteiger partial charge on any atom is 0.427 e. The molecule has 1 spiro atoms. The Morgan fingerprint density at radius 1 is 1.31 bits per heavy atom. The fourth-order valence-electron chi connectivity index (χ4n) is 3.47. The van der Waals surface area contributed by atoms with Gasteiger partial charge < -0.3 is 19.5 Å². The van der Waals surface area contributed by atoms with Gasteiger partial charge in [-0.2, -0.15) is 13.2 Å². The third-order valence-corrected chi connectivity index (χ3v) is 7.86. The maximum atomic E-state index is 12.6. The normalized spacial score (nSPS) is 24.7. The number of hydrogen-bond donors (Lipinski definition) is 2. The molecule has 12 heteroatoms. The summed E-state index contributed by atoms with van der Waals surface area (Å²) in [6.07, 6.45) is -7.39. The molecule has 0 aromatic carbocycles. The SMILES string of the molecule is CC(C)C(C)S(=O)(=O)NC1COC2(CCN(C(=O)OC(CO)C(F)(F)F)CC2)C1. The van der Waals surface area contributed by atoms with Crippen molar-refractivity contribution in [3.63, 3.8) is 0 Å². The molecular formula is C17H29F3N2O6S. The molecule has 2 aliphatic rings. The summed E-state index contributed by atoms with van der Waals surface area (Å²) in [7, 11) is -3.50. The van der Waals surface area contributed by atoms with E-state index in [0.717, 1.165) is 4.90 Å². The van der Waals surface area contributed by atoms with Gasteiger partial charge in [-0.05, 0) is 32.1 Å². The van der Waals surface area contributed by atoms with E-state index < -0.39 is 45.9 Å². The van der Waals surface area contributed by atoms with E-state index in [1.807, 2.05) is 13.8 Å². The van der Waals surface area contributed by atoms with Gasteiger partial charge in [0, 0.05) is 19.1 Å². The molecule has 0 aromatic rings. The smallest absolute Gasteiger partial charge is 0.427 e. The van der Waals surface area contributed by atoms with Gasteiger partial charge in [-0.1, -0.05) is 13.8 Å². The van der Waals surface area contributed by atoms with E-state index in [4.69, 9.17) is 9.84 Å². The first-order valence-corrected chi connectivity index (χ1v) is 11.1. The molecule has 2 rings (SSSR count). The molecule has 8 nitrogen and oxygen atoms in total. The number of aliphatic hydroxyl groups is 1. The lowest BCUT2D eigenvalue weighted by atomic mass is 9.88. The molecule has 2 saturated heterocycles. The Morgan fingerprint density at radius 3 is 2.38 bits per heavy atom. The summed E-state index contributed by atoms with van der Waals surface area (Å²) in [5.41, 5.74) is -0.620. The van der Waals surface area contributed by atoms with Crippen molar-refractivity contribution in [2.24, 2.45) is 5.92 Å². The summed E-state index contributed by atoms with van der Waals surface area (Å²) in [6, 6.07) is -0.385. The number of nitrogens with one attached hydrogen (secondary N) is 1. The van der Waals surface area contributed by atoms with Gasteiger partial charge in [0.2, 0.25) is 16.1 Å². The Morgan fingerprint density at radius 2 is 1.90 bits per heavy atom. The second-order valence-electron chi connectivity index (χ2n) is 8.09. The van der Waals surface area contributed by atoms with Crippen LogP contribution in [0.4, 0.5) is 18.0 Å². The minimum absolute atomic E-state index is 0.0440. The number of amides is 1. The largest absolute Gasteiger partial charge is 0.434 e. The molecule has 2 fully saturated rings. The summed E-state index contributed by atoms with van der Waals surface area (Å²) in [4.78, 5) is 13.1. The number of likely N-dealkylation sites (tertiary alicyclic amines) is 1. The second-order valence-corrected chi connectivity index (χ2v) is 10.2. The van der Waals surface area contributed by atoms with Crippen LogP contribution in [0.5, 0.6) is 0 Å². The maximum absolute atomic E-state index is 12.6. The predicted octanol–water partition coefficient (Wildman–Crippen LogP) is 1.63. The van der Waals surface area contributed by atoms with E-state index in [1.165, 1.54) is 0 Å². The monoisotopic (exact) mass is 446 g/mol.